The van der Waals surface area contributed by atoms with Crippen molar-refractivity contribution >= 4 is 29.1 Å². The molecular weight excluding hydrogens is 288 g/mol. The number of halogens is 1. The van der Waals surface area contributed by atoms with Gasteiger partial charge in [0, 0.05) is 23.0 Å². The van der Waals surface area contributed by atoms with E-state index in [-0.39, 0.29) is 18.3 Å². The van der Waals surface area contributed by atoms with Crippen LogP contribution < -0.4 is 15.8 Å². The Kier molecular flexibility index (Phi) is 5.58. The molecule has 0 aliphatic carbocycles. The lowest BCUT2D eigenvalue weighted by Gasteiger charge is -2.19. The number of amides is 1. The molecule has 3 N–H and O–H groups in total. The Bertz CT molecular complexity index is 636. The van der Waals surface area contributed by atoms with Crippen molar-refractivity contribution in [2.45, 2.75) is 19.4 Å². The van der Waals surface area contributed by atoms with Crippen LogP contribution in [-0.4, -0.2) is 25.1 Å². The van der Waals surface area contributed by atoms with E-state index in [1.807, 2.05) is 44.2 Å². The van der Waals surface area contributed by atoms with Gasteiger partial charge in [0.15, 0.2) is 0 Å². The molecule has 0 atom stereocenters. The van der Waals surface area contributed by atoms with Crippen LogP contribution >= 0.6 is 12.4 Å². The first-order chi connectivity index (χ1) is 9.42. The first-order valence-electron chi connectivity index (χ1n) is 6.55. The van der Waals surface area contributed by atoms with Crippen LogP contribution in [0.3, 0.4) is 0 Å². The Hall–Kier alpha value is -1.78. The van der Waals surface area contributed by atoms with Crippen LogP contribution in [0.4, 0.5) is 0 Å². The van der Waals surface area contributed by atoms with Crippen molar-refractivity contribution in [3.8, 4) is 5.75 Å². The van der Waals surface area contributed by atoms with Crippen molar-refractivity contribution in [2.24, 2.45) is 5.73 Å². The number of fused-ring (bicyclic) bond motifs is 1. The summed E-state index contributed by atoms with van der Waals surface area (Å²) in [5.74, 6) is 0.638. The number of carbonyl (C=O) groups excluding carboxylic acids is 1. The number of nitrogens with one attached hydrogen (secondary N) is 1. The zero-order chi connectivity index (χ0) is 14.8. The quantitative estimate of drug-likeness (QED) is 0.913. The molecule has 0 saturated heterocycles. The highest BCUT2D eigenvalue weighted by atomic mass is 35.5. The molecule has 4 nitrogen and oxygen atoms in total. The van der Waals surface area contributed by atoms with E-state index in [2.05, 4.69) is 5.32 Å². The maximum atomic E-state index is 12.3. The Morgan fingerprint density at radius 3 is 2.38 bits per heavy atom. The zero-order valence-electron chi connectivity index (χ0n) is 12.5. The molecule has 0 aliphatic heterocycles. The fourth-order valence-electron chi connectivity index (χ4n) is 2.05. The number of hydrogen-bond donors (Lipinski definition) is 2. The van der Waals surface area contributed by atoms with Gasteiger partial charge in [-0.05, 0) is 31.4 Å². The standard InChI is InChI=1S/C16H20N2O2.ClH/c1-16(2,17)10-18-15(19)13-8-9-14(20-3)12-7-5-4-6-11(12)13;/h4-9H,10,17H2,1-3H3,(H,18,19);1H. The molecule has 0 bridgehead atoms. The van der Waals surface area contributed by atoms with Gasteiger partial charge >= 0.3 is 0 Å². The largest absolute Gasteiger partial charge is 0.496 e. The molecule has 21 heavy (non-hydrogen) atoms. The third-order valence-electron chi connectivity index (χ3n) is 3.05. The molecule has 0 fully saturated rings. The van der Waals surface area contributed by atoms with Crippen molar-refractivity contribution in [2.75, 3.05) is 13.7 Å². The van der Waals surface area contributed by atoms with E-state index in [1.165, 1.54) is 0 Å². The minimum absolute atomic E-state index is 0. The van der Waals surface area contributed by atoms with Gasteiger partial charge in [0.1, 0.15) is 5.75 Å². The van der Waals surface area contributed by atoms with Crippen LogP contribution in [0.5, 0.6) is 5.75 Å². The maximum absolute atomic E-state index is 12.3. The third-order valence-corrected chi connectivity index (χ3v) is 3.05. The lowest BCUT2D eigenvalue weighted by atomic mass is 10.0. The molecule has 0 unspecified atom stereocenters. The van der Waals surface area contributed by atoms with Crippen LogP contribution in [0.15, 0.2) is 36.4 Å². The van der Waals surface area contributed by atoms with Crippen LogP contribution in [0.1, 0.15) is 24.2 Å². The van der Waals surface area contributed by atoms with Gasteiger partial charge in [0.25, 0.3) is 5.91 Å². The highest BCUT2D eigenvalue weighted by molar-refractivity contribution is 6.08. The number of benzene rings is 2. The molecule has 0 spiro atoms. The summed E-state index contributed by atoms with van der Waals surface area (Å²) in [6.07, 6.45) is 0. The SMILES string of the molecule is COc1ccc(C(=O)NCC(C)(C)N)c2ccccc12.Cl. The van der Waals surface area contributed by atoms with Gasteiger partial charge < -0.3 is 15.8 Å². The Morgan fingerprint density at radius 2 is 1.81 bits per heavy atom. The first-order valence-corrected chi connectivity index (χ1v) is 6.55. The molecule has 0 aliphatic rings. The minimum Gasteiger partial charge on any atom is -0.496 e. The number of nitrogens with two attached hydrogens (primary N) is 1. The van der Waals surface area contributed by atoms with E-state index in [0.29, 0.717) is 12.1 Å². The molecule has 0 radical (unpaired) electrons. The highest BCUT2D eigenvalue weighted by Gasteiger charge is 2.16. The summed E-state index contributed by atoms with van der Waals surface area (Å²) in [6, 6.07) is 11.3. The lowest BCUT2D eigenvalue weighted by molar-refractivity contribution is 0.0947. The summed E-state index contributed by atoms with van der Waals surface area (Å²) in [5.41, 5.74) is 6.08. The van der Waals surface area contributed by atoms with E-state index in [9.17, 15) is 4.79 Å². The molecular formula is C16H21ClN2O2. The molecule has 2 rings (SSSR count). The molecule has 2 aromatic rings. The zero-order valence-corrected chi connectivity index (χ0v) is 13.3. The summed E-state index contributed by atoms with van der Waals surface area (Å²) in [7, 11) is 1.62. The summed E-state index contributed by atoms with van der Waals surface area (Å²) < 4.78 is 5.32. The summed E-state index contributed by atoms with van der Waals surface area (Å²) in [4.78, 5) is 12.3. The smallest absolute Gasteiger partial charge is 0.251 e. The number of rotatable bonds is 4. The first kappa shape index (κ1) is 17.3. The second-order valence-corrected chi connectivity index (χ2v) is 5.53. The van der Waals surface area contributed by atoms with E-state index in [1.54, 1.807) is 13.2 Å². The molecule has 0 saturated carbocycles. The van der Waals surface area contributed by atoms with Crippen LogP contribution in [0.2, 0.25) is 0 Å². The van der Waals surface area contributed by atoms with Gasteiger partial charge in [-0.15, -0.1) is 12.4 Å². The molecule has 2 aromatic carbocycles. The van der Waals surface area contributed by atoms with Crippen molar-refractivity contribution < 1.29 is 9.53 Å². The number of hydrogen-bond acceptors (Lipinski definition) is 3. The van der Waals surface area contributed by atoms with Gasteiger partial charge in [0.2, 0.25) is 0 Å². The van der Waals surface area contributed by atoms with Crippen LogP contribution in [0.25, 0.3) is 10.8 Å². The van der Waals surface area contributed by atoms with Gasteiger partial charge in [-0.25, -0.2) is 0 Å². The maximum Gasteiger partial charge on any atom is 0.251 e. The lowest BCUT2D eigenvalue weighted by Crippen LogP contribution is -2.45. The predicted molar refractivity (Wildman–Crippen MR) is 88.3 cm³/mol. The van der Waals surface area contributed by atoms with Crippen LogP contribution in [0, 0.1) is 0 Å². The molecule has 0 aromatic heterocycles. The monoisotopic (exact) mass is 308 g/mol. The number of carbonyl (C=O) groups is 1. The number of methoxy groups -OCH3 is 1. The summed E-state index contributed by atoms with van der Waals surface area (Å²) in [5, 5.41) is 4.66. The van der Waals surface area contributed by atoms with E-state index in [0.717, 1.165) is 16.5 Å². The van der Waals surface area contributed by atoms with Crippen molar-refractivity contribution in [3.63, 3.8) is 0 Å². The number of ether oxygens (including phenoxy) is 1. The van der Waals surface area contributed by atoms with Gasteiger partial charge in [-0.3, -0.25) is 4.79 Å². The molecule has 5 heteroatoms. The Labute approximate surface area is 131 Å². The van der Waals surface area contributed by atoms with Crippen molar-refractivity contribution in [1.29, 1.82) is 0 Å². The fourth-order valence-corrected chi connectivity index (χ4v) is 2.05. The summed E-state index contributed by atoms with van der Waals surface area (Å²) >= 11 is 0. The Morgan fingerprint density at radius 1 is 1.19 bits per heavy atom. The Balaban J connectivity index is 0.00000220. The van der Waals surface area contributed by atoms with E-state index >= 15 is 0 Å². The highest BCUT2D eigenvalue weighted by Crippen LogP contribution is 2.28. The van der Waals surface area contributed by atoms with Crippen molar-refractivity contribution in [1.82, 2.24) is 5.32 Å². The van der Waals surface area contributed by atoms with Gasteiger partial charge in [-0.1, -0.05) is 24.3 Å². The average molecular weight is 309 g/mol. The minimum atomic E-state index is -0.433. The fraction of sp³-hybridized carbons (Fsp3) is 0.312. The van der Waals surface area contributed by atoms with E-state index < -0.39 is 5.54 Å². The average Bonchev–Trinajstić information content (AvgIpc) is 2.42. The second-order valence-electron chi connectivity index (χ2n) is 5.53. The van der Waals surface area contributed by atoms with Crippen LogP contribution in [-0.2, 0) is 0 Å². The normalized spacial score (nSPS) is 10.9. The molecule has 0 heterocycles. The second kappa shape index (κ2) is 6.78. The van der Waals surface area contributed by atoms with Crippen molar-refractivity contribution in [3.05, 3.63) is 42.0 Å². The molecule has 1 amide bonds. The molecule has 114 valence electrons. The summed E-state index contributed by atoms with van der Waals surface area (Å²) in [6.45, 7) is 4.17. The topological polar surface area (TPSA) is 64.3 Å². The van der Waals surface area contributed by atoms with Gasteiger partial charge in [-0.2, -0.15) is 0 Å². The van der Waals surface area contributed by atoms with Gasteiger partial charge in [0.05, 0.1) is 7.11 Å². The van der Waals surface area contributed by atoms with E-state index in [4.69, 9.17) is 10.5 Å². The predicted octanol–water partition coefficient (Wildman–Crippen LogP) is 2.74. The third kappa shape index (κ3) is 4.09.